The van der Waals surface area contributed by atoms with Crippen LogP contribution in [0, 0.1) is 6.92 Å². The lowest BCUT2D eigenvalue weighted by atomic mass is 10.1. The van der Waals surface area contributed by atoms with Gasteiger partial charge in [0, 0.05) is 5.56 Å². The molecule has 0 fully saturated rings. The maximum Gasteiger partial charge on any atom is 0.335 e. The second kappa shape index (κ2) is 5.44. The van der Waals surface area contributed by atoms with E-state index in [1.807, 2.05) is 6.07 Å². The quantitative estimate of drug-likeness (QED) is 0.749. The van der Waals surface area contributed by atoms with E-state index in [9.17, 15) is 14.7 Å². The van der Waals surface area contributed by atoms with Gasteiger partial charge in [-0.1, -0.05) is 18.2 Å². The number of nitrogens with one attached hydrogen (secondary N) is 1. The van der Waals surface area contributed by atoms with Gasteiger partial charge in [0.25, 0.3) is 5.91 Å². The molecule has 2 aromatic rings. The average Bonchev–Trinajstić information content (AvgIpc) is 2.41. The van der Waals surface area contributed by atoms with E-state index in [1.54, 1.807) is 25.1 Å². The van der Waals surface area contributed by atoms with Crippen molar-refractivity contribution >= 4 is 17.6 Å². The summed E-state index contributed by atoms with van der Waals surface area (Å²) in [5.41, 5.74) is 1.31. The minimum Gasteiger partial charge on any atom is -0.506 e. The molecule has 3 N–H and O–H groups in total. The molecule has 0 aliphatic heterocycles. The Balaban J connectivity index is 2.30. The normalized spacial score (nSPS) is 10.1. The summed E-state index contributed by atoms with van der Waals surface area (Å²) in [4.78, 5) is 23.0. The van der Waals surface area contributed by atoms with Crippen molar-refractivity contribution < 1.29 is 19.8 Å². The van der Waals surface area contributed by atoms with Crippen molar-refractivity contribution in [2.45, 2.75) is 6.92 Å². The molecule has 20 heavy (non-hydrogen) atoms. The predicted octanol–water partition coefficient (Wildman–Crippen LogP) is 2.65. The van der Waals surface area contributed by atoms with Gasteiger partial charge in [0.2, 0.25) is 0 Å². The van der Waals surface area contributed by atoms with Gasteiger partial charge in [-0.25, -0.2) is 4.79 Å². The number of carboxylic acid groups (broad SMARTS) is 1. The van der Waals surface area contributed by atoms with Gasteiger partial charge in [0.15, 0.2) is 0 Å². The Morgan fingerprint density at radius 3 is 2.45 bits per heavy atom. The van der Waals surface area contributed by atoms with E-state index in [4.69, 9.17) is 5.11 Å². The standard InChI is InChI=1S/C15H13NO4/c1-9-4-2-3-5-11(9)14(18)16-12-8-10(15(19)20)6-7-13(12)17/h2-8,17H,1H3,(H,16,18)(H,19,20). The Labute approximate surface area is 115 Å². The number of benzene rings is 2. The third-order valence-corrected chi connectivity index (χ3v) is 2.88. The smallest absolute Gasteiger partial charge is 0.335 e. The first-order chi connectivity index (χ1) is 9.49. The largest absolute Gasteiger partial charge is 0.506 e. The number of carbonyl (C=O) groups excluding carboxylic acids is 1. The van der Waals surface area contributed by atoms with Crippen LogP contribution < -0.4 is 5.32 Å². The van der Waals surface area contributed by atoms with Crippen LogP contribution >= 0.6 is 0 Å². The van der Waals surface area contributed by atoms with Crippen molar-refractivity contribution in [1.82, 2.24) is 0 Å². The van der Waals surface area contributed by atoms with Gasteiger partial charge >= 0.3 is 5.97 Å². The van der Waals surface area contributed by atoms with E-state index >= 15 is 0 Å². The molecule has 0 aliphatic rings. The van der Waals surface area contributed by atoms with Crippen LogP contribution in [0.3, 0.4) is 0 Å². The van der Waals surface area contributed by atoms with Gasteiger partial charge in [-0.15, -0.1) is 0 Å². The van der Waals surface area contributed by atoms with Crippen LogP contribution in [-0.4, -0.2) is 22.1 Å². The van der Waals surface area contributed by atoms with Gasteiger partial charge in [-0.3, -0.25) is 4.79 Å². The maximum atomic E-state index is 12.1. The summed E-state index contributed by atoms with van der Waals surface area (Å²) >= 11 is 0. The highest BCUT2D eigenvalue weighted by Crippen LogP contribution is 2.25. The number of aromatic carboxylic acids is 1. The number of aromatic hydroxyl groups is 1. The Morgan fingerprint density at radius 1 is 1.10 bits per heavy atom. The Bertz CT molecular complexity index is 679. The van der Waals surface area contributed by atoms with Crippen LogP contribution in [0.15, 0.2) is 42.5 Å². The van der Waals surface area contributed by atoms with E-state index in [1.165, 1.54) is 18.2 Å². The van der Waals surface area contributed by atoms with Gasteiger partial charge < -0.3 is 15.5 Å². The summed E-state index contributed by atoms with van der Waals surface area (Å²) in [6.45, 7) is 1.79. The molecule has 1 amide bonds. The Morgan fingerprint density at radius 2 is 1.80 bits per heavy atom. The number of rotatable bonds is 3. The Hall–Kier alpha value is -2.82. The van der Waals surface area contributed by atoms with Crippen LogP contribution in [-0.2, 0) is 0 Å². The molecule has 2 rings (SSSR count). The molecule has 0 unspecified atom stereocenters. The van der Waals surface area contributed by atoms with Gasteiger partial charge in [0.1, 0.15) is 5.75 Å². The van der Waals surface area contributed by atoms with Crippen molar-refractivity contribution in [1.29, 1.82) is 0 Å². The molecule has 0 heterocycles. The van der Waals surface area contributed by atoms with E-state index in [-0.39, 0.29) is 17.0 Å². The zero-order valence-corrected chi connectivity index (χ0v) is 10.8. The summed E-state index contributed by atoms with van der Waals surface area (Å²) in [6.07, 6.45) is 0. The summed E-state index contributed by atoms with van der Waals surface area (Å²) in [7, 11) is 0. The molecule has 0 atom stereocenters. The van der Waals surface area contributed by atoms with Crippen molar-refractivity contribution in [2.24, 2.45) is 0 Å². The molecular weight excluding hydrogens is 258 g/mol. The highest BCUT2D eigenvalue weighted by Gasteiger charge is 2.13. The number of hydrogen-bond donors (Lipinski definition) is 3. The molecule has 5 nitrogen and oxygen atoms in total. The number of carboxylic acids is 1. The molecule has 0 saturated carbocycles. The number of aryl methyl sites for hydroxylation is 1. The van der Waals surface area contributed by atoms with E-state index in [0.717, 1.165) is 5.56 Å². The first kappa shape index (κ1) is 13.6. The molecule has 0 saturated heterocycles. The maximum absolute atomic E-state index is 12.1. The molecular formula is C15H13NO4. The van der Waals surface area contributed by atoms with Crippen LogP contribution in [0.2, 0.25) is 0 Å². The predicted molar refractivity (Wildman–Crippen MR) is 74.2 cm³/mol. The van der Waals surface area contributed by atoms with E-state index in [0.29, 0.717) is 5.56 Å². The van der Waals surface area contributed by atoms with Crippen molar-refractivity contribution in [3.05, 3.63) is 59.2 Å². The zero-order chi connectivity index (χ0) is 14.7. The highest BCUT2D eigenvalue weighted by atomic mass is 16.4. The number of amides is 1. The van der Waals surface area contributed by atoms with Crippen molar-refractivity contribution in [3.8, 4) is 5.75 Å². The highest BCUT2D eigenvalue weighted by molar-refractivity contribution is 6.06. The SMILES string of the molecule is Cc1ccccc1C(=O)Nc1cc(C(=O)O)ccc1O. The van der Waals surface area contributed by atoms with Crippen LogP contribution in [0.5, 0.6) is 5.75 Å². The van der Waals surface area contributed by atoms with Crippen molar-refractivity contribution in [2.75, 3.05) is 5.32 Å². The van der Waals surface area contributed by atoms with Crippen molar-refractivity contribution in [3.63, 3.8) is 0 Å². The molecule has 5 heteroatoms. The molecule has 0 aromatic heterocycles. The van der Waals surface area contributed by atoms with Gasteiger partial charge in [0.05, 0.1) is 11.3 Å². The number of carbonyl (C=O) groups is 2. The molecule has 0 radical (unpaired) electrons. The fourth-order valence-corrected chi connectivity index (χ4v) is 1.79. The second-order valence-electron chi connectivity index (χ2n) is 4.31. The number of hydrogen-bond acceptors (Lipinski definition) is 3. The monoisotopic (exact) mass is 271 g/mol. The van der Waals surface area contributed by atoms with E-state index in [2.05, 4.69) is 5.32 Å². The van der Waals surface area contributed by atoms with Crippen LogP contribution in [0.1, 0.15) is 26.3 Å². The summed E-state index contributed by atoms with van der Waals surface area (Å²) in [5, 5.41) is 21.1. The topological polar surface area (TPSA) is 86.6 Å². The number of phenols is 1. The van der Waals surface area contributed by atoms with Crippen LogP contribution in [0.25, 0.3) is 0 Å². The lowest BCUT2D eigenvalue weighted by Gasteiger charge is -2.09. The third kappa shape index (κ3) is 2.77. The van der Waals surface area contributed by atoms with Crippen LogP contribution in [0.4, 0.5) is 5.69 Å². The molecule has 2 aromatic carbocycles. The zero-order valence-electron chi connectivity index (χ0n) is 10.8. The van der Waals surface area contributed by atoms with Gasteiger partial charge in [-0.2, -0.15) is 0 Å². The summed E-state index contributed by atoms with van der Waals surface area (Å²) < 4.78 is 0. The molecule has 102 valence electrons. The summed E-state index contributed by atoms with van der Waals surface area (Å²) in [6, 6.07) is 10.7. The lowest BCUT2D eigenvalue weighted by Crippen LogP contribution is -2.13. The minimum atomic E-state index is -1.13. The molecule has 0 bridgehead atoms. The fourth-order valence-electron chi connectivity index (χ4n) is 1.79. The number of anilines is 1. The second-order valence-corrected chi connectivity index (χ2v) is 4.31. The molecule has 0 spiro atoms. The summed E-state index contributed by atoms with van der Waals surface area (Å²) in [5.74, 6) is -1.71. The number of phenolic OH excluding ortho intramolecular Hbond substituents is 1. The minimum absolute atomic E-state index is 0.0112. The lowest BCUT2D eigenvalue weighted by molar-refractivity contribution is 0.0696. The third-order valence-electron chi connectivity index (χ3n) is 2.88. The fraction of sp³-hybridized carbons (Fsp3) is 0.0667. The van der Waals surface area contributed by atoms with E-state index < -0.39 is 11.9 Å². The first-order valence-electron chi connectivity index (χ1n) is 5.92. The van der Waals surface area contributed by atoms with Gasteiger partial charge in [-0.05, 0) is 36.8 Å². The first-order valence-corrected chi connectivity index (χ1v) is 5.92. The molecule has 0 aliphatic carbocycles. The Kier molecular flexibility index (Phi) is 3.70. The average molecular weight is 271 g/mol.